The number of nitrogens with zero attached hydrogens (tertiary/aromatic N) is 2. The molecule has 3 amide bonds. The third kappa shape index (κ3) is 4.68. The molecule has 0 spiro atoms. The van der Waals surface area contributed by atoms with Crippen LogP contribution in [0, 0.1) is 0 Å². The van der Waals surface area contributed by atoms with E-state index < -0.39 is 16.9 Å². The van der Waals surface area contributed by atoms with Crippen LogP contribution in [0.25, 0.3) is 0 Å². The Morgan fingerprint density at radius 2 is 1.74 bits per heavy atom. The second kappa shape index (κ2) is 8.97. The summed E-state index contributed by atoms with van der Waals surface area (Å²) >= 11 is 3.40. The second-order valence-electron chi connectivity index (χ2n) is 10.8. The predicted molar refractivity (Wildman–Crippen MR) is 139 cm³/mol. The molecular weight excluding hydrogens is 510 g/mol. The molecule has 0 aliphatic carbocycles. The maximum atomic E-state index is 13.6. The van der Waals surface area contributed by atoms with Crippen molar-refractivity contribution in [1.82, 2.24) is 4.90 Å². The topological polar surface area (TPSA) is 92.9 Å². The summed E-state index contributed by atoms with van der Waals surface area (Å²) in [5, 5.41) is 0. The number of primary amides is 1. The van der Waals surface area contributed by atoms with E-state index in [1.54, 1.807) is 28.0 Å². The first-order valence-electron chi connectivity index (χ1n) is 11.9. The molecule has 7 nitrogen and oxygen atoms in total. The molecule has 0 atom stereocenters. The van der Waals surface area contributed by atoms with Crippen molar-refractivity contribution < 1.29 is 19.1 Å². The van der Waals surface area contributed by atoms with Crippen LogP contribution >= 0.6 is 15.9 Å². The lowest BCUT2D eigenvalue weighted by Crippen LogP contribution is -2.41. The molecule has 186 valence electrons. The zero-order valence-electron chi connectivity index (χ0n) is 20.9. The van der Waals surface area contributed by atoms with Crippen LogP contribution in [0.5, 0.6) is 0 Å². The third-order valence-corrected chi connectivity index (χ3v) is 7.43. The molecule has 2 aromatic carbocycles. The Balaban J connectivity index is 1.62. The first-order chi connectivity index (χ1) is 16.3. The van der Waals surface area contributed by atoms with Gasteiger partial charge in [-0.05, 0) is 98.6 Å². The van der Waals surface area contributed by atoms with E-state index in [1.165, 1.54) is 0 Å². The molecule has 4 rings (SSSR count). The number of piperidine rings is 1. The summed E-state index contributed by atoms with van der Waals surface area (Å²) in [5.41, 5.74) is 7.97. The van der Waals surface area contributed by atoms with E-state index in [0.29, 0.717) is 23.2 Å². The van der Waals surface area contributed by atoms with Gasteiger partial charge in [-0.25, -0.2) is 4.79 Å². The number of ether oxygens (including phenoxy) is 1. The first kappa shape index (κ1) is 25.2. The maximum absolute atomic E-state index is 13.6. The Morgan fingerprint density at radius 3 is 2.34 bits per heavy atom. The van der Waals surface area contributed by atoms with Crippen molar-refractivity contribution >= 4 is 45.2 Å². The van der Waals surface area contributed by atoms with Crippen LogP contribution in [-0.2, 0) is 14.9 Å². The largest absolute Gasteiger partial charge is 0.444 e. The van der Waals surface area contributed by atoms with Crippen molar-refractivity contribution in [2.45, 2.75) is 64.4 Å². The van der Waals surface area contributed by atoms with Crippen LogP contribution in [0.2, 0.25) is 0 Å². The average molecular weight is 542 g/mol. The smallest absolute Gasteiger partial charge is 0.410 e. The van der Waals surface area contributed by atoms with E-state index >= 15 is 0 Å². The van der Waals surface area contributed by atoms with Crippen molar-refractivity contribution in [2.24, 2.45) is 5.73 Å². The number of carbonyl (C=O) groups is 3. The van der Waals surface area contributed by atoms with E-state index in [4.69, 9.17) is 10.5 Å². The number of rotatable bonds is 3. The van der Waals surface area contributed by atoms with Gasteiger partial charge < -0.3 is 15.4 Å². The quantitative estimate of drug-likeness (QED) is 0.545. The highest BCUT2D eigenvalue weighted by atomic mass is 79.9. The van der Waals surface area contributed by atoms with Crippen LogP contribution < -0.4 is 10.6 Å². The molecule has 0 radical (unpaired) electrons. The number of carbonyl (C=O) groups excluding carboxylic acids is 3. The molecule has 8 heteroatoms. The van der Waals surface area contributed by atoms with Gasteiger partial charge >= 0.3 is 6.09 Å². The number of halogens is 1. The predicted octanol–water partition coefficient (Wildman–Crippen LogP) is 5.62. The average Bonchev–Trinajstić information content (AvgIpc) is 2.97. The minimum atomic E-state index is -0.764. The van der Waals surface area contributed by atoms with E-state index in [1.807, 2.05) is 40.7 Å². The van der Waals surface area contributed by atoms with Crippen LogP contribution in [0.3, 0.4) is 0 Å². The number of benzene rings is 2. The number of anilines is 2. The SMILES string of the molecule is CC(C)(C)OC(=O)N1CCC(c2ccc3c(c2)C(C)(C)C(=O)N3c2cccc(Br)c2C(N)=O)CC1. The lowest BCUT2D eigenvalue weighted by atomic mass is 9.82. The fourth-order valence-corrected chi connectivity index (χ4v) is 5.46. The minimum absolute atomic E-state index is 0.106. The summed E-state index contributed by atoms with van der Waals surface area (Å²) < 4.78 is 6.07. The summed E-state index contributed by atoms with van der Waals surface area (Å²) in [4.78, 5) is 41.6. The van der Waals surface area contributed by atoms with Crippen molar-refractivity contribution in [1.29, 1.82) is 0 Å². The van der Waals surface area contributed by atoms with E-state index in [0.717, 1.165) is 29.7 Å². The van der Waals surface area contributed by atoms with Gasteiger partial charge in [-0.3, -0.25) is 14.5 Å². The fourth-order valence-electron chi connectivity index (χ4n) is 4.91. The Labute approximate surface area is 214 Å². The lowest BCUT2D eigenvalue weighted by Gasteiger charge is -2.34. The molecule has 2 aliphatic heterocycles. The molecule has 1 saturated heterocycles. The highest BCUT2D eigenvalue weighted by Crippen LogP contribution is 2.48. The molecule has 2 heterocycles. The zero-order valence-corrected chi connectivity index (χ0v) is 22.4. The van der Waals surface area contributed by atoms with Gasteiger partial charge in [0.1, 0.15) is 5.60 Å². The number of hydrogen-bond acceptors (Lipinski definition) is 4. The van der Waals surface area contributed by atoms with Crippen molar-refractivity contribution in [2.75, 3.05) is 18.0 Å². The van der Waals surface area contributed by atoms with Crippen LogP contribution in [0.1, 0.15) is 74.9 Å². The van der Waals surface area contributed by atoms with Crippen LogP contribution in [-0.4, -0.2) is 41.5 Å². The summed E-state index contributed by atoms with van der Waals surface area (Å²) in [6, 6.07) is 11.4. The molecular formula is C27H32BrN3O4. The van der Waals surface area contributed by atoms with E-state index in [2.05, 4.69) is 28.1 Å². The molecule has 0 aromatic heterocycles. The Bertz CT molecular complexity index is 1190. The molecule has 2 N–H and O–H groups in total. The molecule has 2 aromatic rings. The number of hydrogen-bond donors (Lipinski definition) is 1. The van der Waals surface area contributed by atoms with E-state index in [9.17, 15) is 14.4 Å². The zero-order chi connectivity index (χ0) is 25.7. The van der Waals surface area contributed by atoms with Gasteiger partial charge in [0.05, 0.1) is 22.4 Å². The number of likely N-dealkylation sites (tertiary alicyclic amines) is 1. The van der Waals surface area contributed by atoms with Gasteiger partial charge in [-0.15, -0.1) is 0 Å². The molecule has 0 saturated carbocycles. The summed E-state index contributed by atoms with van der Waals surface area (Å²) in [6.07, 6.45) is 1.38. The highest BCUT2D eigenvalue weighted by Gasteiger charge is 2.46. The van der Waals surface area contributed by atoms with E-state index in [-0.39, 0.29) is 23.5 Å². The van der Waals surface area contributed by atoms with Crippen LogP contribution in [0.15, 0.2) is 40.9 Å². The lowest BCUT2D eigenvalue weighted by molar-refractivity contribution is -0.121. The third-order valence-electron chi connectivity index (χ3n) is 6.77. The van der Waals surface area contributed by atoms with Crippen LogP contribution in [0.4, 0.5) is 16.2 Å². The Kier molecular flexibility index (Phi) is 6.47. The fraction of sp³-hybridized carbons (Fsp3) is 0.444. The molecule has 0 unspecified atom stereocenters. The normalized spacial score (nSPS) is 17.9. The molecule has 0 bridgehead atoms. The number of fused-ring (bicyclic) bond motifs is 1. The van der Waals surface area contributed by atoms with Gasteiger partial charge in [0.2, 0.25) is 5.91 Å². The first-order valence-corrected chi connectivity index (χ1v) is 12.7. The van der Waals surface area contributed by atoms with Crippen molar-refractivity contribution in [3.05, 3.63) is 57.6 Å². The van der Waals surface area contributed by atoms with Gasteiger partial charge in [-0.1, -0.05) is 18.2 Å². The van der Waals surface area contributed by atoms with Gasteiger partial charge in [-0.2, -0.15) is 0 Å². The van der Waals surface area contributed by atoms with Gasteiger partial charge in [0, 0.05) is 17.6 Å². The highest BCUT2D eigenvalue weighted by molar-refractivity contribution is 9.10. The number of amides is 3. The Hall–Kier alpha value is -2.87. The molecule has 35 heavy (non-hydrogen) atoms. The molecule has 1 fully saturated rings. The minimum Gasteiger partial charge on any atom is -0.444 e. The summed E-state index contributed by atoms with van der Waals surface area (Å²) in [6.45, 7) is 10.7. The van der Waals surface area contributed by atoms with Gasteiger partial charge in [0.25, 0.3) is 5.91 Å². The van der Waals surface area contributed by atoms with Crippen molar-refractivity contribution in [3.63, 3.8) is 0 Å². The number of nitrogens with two attached hydrogens (primary N) is 1. The Morgan fingerprint density at radius 1 is 1.09 bits per heavy atom. The summed E-state index contributed by atoms with van der Waals surface area (Å²) in [7, 11) is 0. The maximum Gasteiger partial charge on any atom is 0.410 e. The van der Waals surface area contributed by atoms with Crippen molar-refractivity contribution in [3.8, 4) is 0 Å². The summed E-state index contributed by atoms with van der Waals surface area (Å²) in [5.74, 6) is -0.420. The standard InChI is InChI=1S/C27H32BrN3O4/c1-26(2,3)35-25(34)30-13-11-16(12-14-30)17-9-10-20-18(15-17)27(4,5)24(33)31(20)21-8-6-7-19(28)22(21)23(29)32/h6-10,15-16H,11-14H2,1-5H3,(H2,29,32). The monoisotopic (exact) mass is 541 g/mol. The second-order valence-corrected chi connectivity index (χ2v) is 11.6. The van der Waals surface area contributed by atoms with Gasteiger partial charge in [0.15, 0.2) is 0 Å². The molecule has 2 aliphatic rings.